The van der Waals surface area contributed by atoms with Gasteiger partial charge < -0.3 is 18.9 Å². The summed E-state index contributed by atoms with van der Waals surface area (Å²) in [4.78, 5) is 26.9. The summed E-state index contributed by atoms with van der Waals surface area (Å²) in [7, 11) is 5.83. The Morgan fingerprint density at radius 3 is 1.08 bits per heavy atom. The number of Topliss-reactive ketones (excluding diaryl/α,β-unsaturated/α-hetero) is 2. The minimum absolute atomic E-state index is 0.286. The van der Waals surface area contributed by atoms with Gasteiger partial charge in [0, 0.05) is 50.7 Å². The molecule has 39 heavy (non-hydrogen) atoms. The van der Waals surface area contributed by atoms with Gasteiger partial charge in [0.1, 0.15) is 0 Å². The summed E-state index contributed by atoms with van der Waals surface area (Å²) in [5.74, 6) is -3.62. The Morgan fingerprint density at radius 2 is 0.795 bits per heavy atom. The lowest BCUT2D eigenvalue weighted by Gasteiger charge is -2.29. The Kier molecular flexibility index (Phi) is 8.84. The molecule has 200 valence electrons. The van der Waals surface area contributed by atoms with Crippen molar-refractivity contribution in [1.82, 2.24) is 0 Å². The largest absolute Gasteiger partial charge is 0.343 e. The zero-order valence-electron chi connectivity index (χ0n) is 22.5. The van der Waals surface area contributed by atoms with E-state index in [1.165, 1.54) is 28.4 Å². The average molecular weight is 525 g/mol. The van der Waals surface area contributed by atoms with E-state index in [1.807, 2.05) is 60.7 Å². The number of carbonyl (C=O) groups excluding carboxylic acids is 2. The average Bonchev–Trinajstić information content (AvgIpc) is 3.01. The van der Waals surface area contributed by atoms with Crippen LogP contribution in [0.3, 0.4) is 0 Å². The van der Waals surface area contributed by atoms with Crippen LogP contribution in [0.1, 0.15) is 43.0 Å². The Bertz CT molecular complexity index is 1260. The maximum absolute atomic E-state index is 13.4. The van der Waals surface area contributed by atoms with Crippen molar-refractivity contribution in [3.63, 3.8) is 0 Å². The molecule has 0 aliphatic carbocycles. The maximum Gasteiger partial charge on any atom is 0.260 e. The third-order valence-corrected chi connectivity index (χ3v) is 6.90. The second-order valence-electron chi connectivity index (χ2n) is 9.01. The van der Waals surface area contributed by atoms with Crippen molar-refractivity contribution in [1.29, 1.82) is 0 Å². The van der Waals surface area contributed by atoms with Crippen LogP contribution in [0, 0.1) is 0 Å². The molecule has 6 nitrogen and oxygen atoms in total. The smallest absolute Gasteiger partial charge is 0.260 e. The highest BCUT2D eigenvalue weighted by molar-refractivity contribution is 6.02. The first-order valence-corrected chi connectivity index (χ1v) is 12.5. The molecule has 0 saturated heterocycles. The van der Waals surface area contributed by atoms with Crippen LogP contribution in [0.2, 0.25) is 0 Å². The normalized spacial score (nSPS) is 11.8. The van der Waals surface area contributed by atoms with Gasteiger partial charge in [-0.3, -0.25) is 9.59 Å². The third-order valence-electron chi connectivity index (χ3n) is 6.90. The predicted molar refractivity (Wildman–Crippen MR) is 149 cm³/mol. The van der Waals surface area contributed by atoms with Crippen LogP contribution >= 0.6 is 0 Å². The van der Waals surface area contributed by atoms with E-state index in [-0.39, 0.29) is 11.6 Å². The van der Waals surface area contributed by atoms with Gasteiger partial charge in [0.15, 0.2) is 0 Å². The van der Waals surface area contributed by atoms with Crippen molar-refractivity contribution in [3.05, 3.63) is 143 Å². The number of hydrogen-bond acceptors (Lipinski definition) is 6. The fourth-order valence-corrected chi connectivity index (χ4v) is 4.75. The topological polar surface area (TPSA) is 71.1 Å². The van der Waals surface area contributed by atoms with E-state index in [9.17, 15) is 9.59 Å². The minimum atomic E-state index is -1.52. The van der Waals surface area contributed by atoms with Gasteiger partial charge in [-0.2, -0.15) is 0 Å². The number of methoxy groups -OCH3 is 4. The lowest BCUT2D eigenvalue weighted by molar-refractivity contribution is -0.176. The third kappa shape index (κ3) is 5.46. The number of carbonyl (C=O) groups is 2. The van der Waals surface area contributed by atoms with Gasteiger partial charge in [0.05, 0.1) is 0 Å². The number of ketones is 2. The summed E-state index contributed by atoms with van der Waals surface area (Å²) in [6.07, 6.45) is 0.625. The molecule has 0 spiro atoms. The number of ether oxygens (including phenoxy) is 4. The SMILES string of the molecule is COC(OC)(C(=O)c1ccc(Cc2ccc(C(=O)C(OC)(OC)c3ccccc3)cc2)cc1)c1ccccc1. The summed E-state index contributed by atoms with van der Waals surface area (Å²) in [6.45, 7) is 0. The highest BCUT2D eigenvalue weighted by Crippen LogP contribution is 2.32. The Balaban J connectivity index is 1.51. The summed E-state index contributed by atoms with van der Waals surface area (Å²) >= 11 is 0. The molecule has 0 aliphatic rings. The first kappa shape index (κ1) is 28.1. The Labute approximate surface area is 229 Å². The second-order valence-corrected chi connectivity index (χ2v) is 9.01. The summed E-state index contributed by atoms with van der Waals surface area (Å²) in [5.41, 5.74) is 4.22. The molecule has 0 radical (unpaired) electrons. The molecule has 0 aromatic heterocycles. The molecule has 4 rings (SSSR count). The molecule has 0 amide bonds. The zero-order chi connectivity index (χ0) is 27.9. The number of hydrogen-bond donors (Lipinski definition) is 0. The fourth-order valence-electron chi connectivity index (χ4n) is 4.75. The highest BCUT2D eigenvalue weighted by atomic mass is 16.7. The van der Waals surface area contributed by atoms with Crippen molar-refractivity contribution < 1.29 is 28.5 Å². The summed E-state index contributed by atoms with van der Waals surface area (Å²) in [6, 6.07) is 33.0. The molecule has 0 fully saturated rings. The van der Waals surface area contributed by atoms with E-state index in [2.05, 4.69) is 0 Å². The van der Waals surface area contributed by atoms with E-state index in [0.717, 1.165) is 11.1 Å². The molecule has 6 heteroatoms. The molecule has 4 aromatic rings. The lowest BCUT2D eigenvalue weighted by atomic mass is 9.93. The quantitative estimate of drug-likeness (QED) is 0.169. The van der Waals surface area contributed by atoms with Crippen LogP contribution in [-0.2, 0) is 36.9 Å². The van der Waals surface area contributed by atoms with Gasteiger partial charge in [-0.1, -0.05) is 109 Å². The molecule has 0 saturated carbocycles. The van der Waals surface area contributed by atoms with Gasteiger partial charge in [-0.25, -0.2) is 0 Å². The Hall–Kier alpha value is -3.94. The minimum Gasteiger partial charge on any atom is -0.343 e. The van der Waals surface area contributed by atoms with Gasteiger partial charge in [-0.15, -0.1) is 0 Å². The van der Waals surface area contributed by atoms with Crippen LogP contribution < -0.4 is 0 Å². The standard InChI is InChI=1S/C33H32O6/c1-36-32(37-2,28-11-7-5-8-12-28)30(34)26-19-15-24(16-20-26)23-25-17-21-27(22-18-25)31(35)33(38-3,39-4)29-13-9-6-10-14-29/h5-22H,23H2,1-4H3. The van der Waals surface area contributed by atoms with Gasteiger partial charge in [0.2, 0.25) is 11.6 Å². The first-order valence-electron chi connectivity index (χ1n) is 12.5. The first-order chi connectivity index (χ1) is 18.9. The fraction of sp³-hybridized carbons (Fsp3) is 0.212. The zero-order valence-corrected chi connectivity index (χ0v) is 22.5. The molecule has 0 N–H and O–H groups in total. The van der Waals surface area contributed by atoms with Crippen LogP contribution in [0.5, 0.6) is 0 Å². The van der Waals surface area contributed by atoms with Crippen LogP contribution in [0.25, 0.3) is 0 Å². The molecule has 4 aromatic carbocycles. The summed E-state index contributed by atoms with van der Waals surface area (Å²) in [5, 5.41) is 0. The molecule has 0 aliphatic heterocycles. The van der Waals surface area contributed by atoms with E-state index >= 15 is 0 Å². The van der Waals surface area contributed by atoms with Crippen LogP contribution in [0.4, 0.5) is 0 Å². The monoisotopic (exact) mass is 524 g/mol. The van der Waals surface area contributed by atoms with Crippen molar-refractivity contribution in [2.75, 3.05) is 28.4 Å². The maximum atomic E-state index is 13.4. The van der Waals surface area contributed by atoms with E-state index in [4.69, 9.17) is 18.9 Å². The summed E-state index contributed by atoms with van der Waals surface area (Å²) < 4.78 is 22.4. The van der Waals surface area contributed by atoms with Gasteiger partial charge in [0.25, 0.3) is 11.6 Å². The van der Waals surface area contributed by atoms with Crippen molar-refractivity contribution in [2.45, 2.75) is 18.0 Å². The van der Waals surface area contributed by atoms with Crippen molar-refractivity contribution in [2.24, 2.45) is 0 Å². The molecular formula is C33H32O6. The molecule has 0 heterocycles. The van der Waals surface area contributed by atoms with Crippen molar-refractivity contribution in [3.8, 4) is 0 Å². The lowest BCUT2D eigenvalue weighted by Crippen LogP contribution is -2.40. The molecule has 0 bridgehead atoms. The second kappa shape index (κ2) is 12.3. The number of benzene rings is 4. The highest BCUT2D eigenvalue weighted by Gasteiger charge is 2.42. The van der Waals surface area contributed by atoms with Crippen molar-refractivity contribution >= 4 is 11.6 Å². The van der Waals surface area contributed by atoms with E-state index < -0.39 is 11.6 Å². The molecule has 0 atom stereocenters. The van der Waals surface area contributed by atoms with E-state index in [1.54, 1.807) is 48.5 Å². The van der Waals surface area contributed by atoms with Gasteiger partial charge in [-0.05, 0) is 17.5 Å². The molecular weight excluding hydrogens is 492 g/mol. The number of rotatable bonds is 12. The molecule has 0 unspecified atom stereocenters. The van der Waals surface area contributed by atoms with Crippen LogP contribution in [0.15, 0.2) is 109 Å². The van der Waals surface area contributed by atoms with Crippen LogP contribution in [-0.4, -0.2) is 40.0 Å². The Morgan fingerprint density at radius 1 is 0.487 bits per heavy atom. The predicted octanol–water partition coefficient (Wildman–Crippen LogP) is 5.93. The van der Waals surface area contributed by atoms with Gasteiger partial charge >= 0.3 is 0 Å². The van der Waals surface area contributed by atoms with E-state index in [0.29, 0.717) is 28.7 Å².